The lowest BCUT2D eigenvalue weighted by molar-refractivity contribution is -0.870. The van der Waals surface area contributed by atoms with E-state index in [2.05, 4.69) is 99.0 Å². The summed E-state index contributed by atoms with van der Waals surface area (Å²) in [5.41, 5.74) is 0. The number of phosphoric acid groups is 1. The molecule has 0 bridgehead atoms. The lowest BCUT2D eigenvalue weighted by atomic mass is 10.0. The van der Waals surface area contributed by atoms with Crippen molar-refractivity contribution in [3.05, 3.63) is 85.1 Å². The third-order valence-electron chi connectivity index (χ3n) is 13.1. The highest BCUT2D eigenvalue weighted by Gasteiger charge is 2.30. The summed E-state index contributed by atoms with van der Waals surface area (Å²) in [6.45, 7) is 6.87. The highest BCUT2D eigenvalue weighted by Crippen LogP contribution is 2.43. The quantitative estimate of drug-likeness (QED) is 0.0205. The number of nitrogens with one attached hydrogen (secondary N) is 1. The number of hydrogen-bond donors (Lipinski definition) is 2. The molecule has 0 fully saturated rings. The third-order valence-corrected chi connectivity index (χ3v) is 14.1. The van der Waals surface area contributed by atoms with Crippen molar-refractivity contribution >= 4 is 19.7 Å². The summed E-state index contributed by atoms with van der Waals surface area (Å²) >= 11 is 0. The molecule has 0 radical (unpaired) electrons. The Morgan fingerprint density at radius 3 is 1.30 bits per heavy atom. The number of rotatable bonds is 54. The molecule has 0 rings (SSSR count). The van der Waals surface area contributed by atoms with Crippen molar-refractivity contribution in [2.24, 2.45) is 0 Å². The Morgan fingerprint density at radius 1 is 0.486 bits per heavy atom. The van der Waals surface area contributed by atoms with Gasteiger partial charge in [0.1, 0.15) is 19.3 Å². The van der Waals surface area contributed by atoms with Crippen LogP contribution in [0.5, 0.6) is 0 Å². The van der Waals surface area contributed by atoms with Gasteiger partial charge in [-0.25, -0.2) is 4.57 Å². The van der Waals surface area contributed by atoms with Crippen molar-refractivity contribution in [1.29, 1.82) is 0 Å². The second-order valence-corrected chi connectivity index (χ2v) is 23.0. The summed E-state index contributed by atoms with van der Waals surface area (Å²) in [6.07, 6.45) is 70.1. The Labute approximate surface area is 456 Å². The molecule has 1 amide bonds. The standard InChI is InChI=1S/C64H115N2O7P/c1-7-10-13-16-19-22-25-27-29-30-31-32-33-34-35-36-37-38-41-44-47-50-53-56-63(67)65-61(60-72-74(69,70)71-59-58-66(4,5)6)62(55-52-49-46-43-40-24-21-18-15-12-9-3)73-64(68)57-54-51-48-45-42-39-28-26-23-20-17-14-11-8-2/h10,13,19,22,27,29,31-32,34-35,37-38,52,55,61-62H,7-9,11-12,14-18,20-21,23-26,28,30,33,36,39-51,53-54,56-60H2,1-6H3,(H-,65,67,69,70)/p+1/b13-10-,22-19-,29-27-,32-31-,35-34-,38-37-,55-52-. The molecular formula is C64H116N2O7P+. The van der Waals surface area contributed by atoms with Crippen LogP contribution in [0.3, 0.4) is 0 Å². The molecule has 0 saturated heterocycles. The van der Waals surface area contributed by atoms with Crippen LogP contribution in [0.2, 0.25) is 0 Å². The van der Waals surface area contributed by atoms with Gasteiger partial charge in [0.25, 0.3) is 0 Å². The maximum absolute atomic E-state index is 13.5. The molecule has 0 aromatic rings. The van der Waals surface area contributed by atoms with Crippen LogP contribution < -0.4 is 5.32 Å². The third kappa shape index (κ3) is 54.0. The summed E-state index contributed by atoms with van der Waals surface area (Å²) in [5, 5.41) is 3.04. The lowest BCUT2D eigenvalue weighted by Gasteiger charge is -2.27. The van der Waals surface area contributed by atoms with Crippen LogP contribution in [0, 0.1) is 0 Å². The lowest BCUT2D eigenvalue weighted by Crippen LogP contribution is -2.47. The second kappa shape index (κ2) is 53.6. The minimum absolute atomic E-state index is 0.0324. The number of amides is 1. The fraction of sp³-hybridized carbons (Fsp3) is 0.750. The zero-order valence-electron chi connectivity index (χ0n) is 48.8. The predicted octanol–water partition coefficient (Wildman–Crippen LogP) is 18.6. The van der Waals surface area contributed by atoms with E-state index >= 15 is 0 Å². The van der Waals surface area contributed by atoms with Crippen LogP contribution in [0.25, 0.3) is 0 Å². The van der Waals surface area contributed by atoms with E-state index < -0.39 is 20.0 Å². The van der Waals surface area contributed by atoms with E-state index in [1.807, 2.05) is 33.3 Å². The summed E-state index contributed by atoms with van der Waals surface area (Å²) < 4.78 is 30.6. The van der Waals surface area contributed by atoms with Crippen molar-refractivity contribution in [3.8, 4) is 0 Å². The second-order valence-electron chi connectivity index (χ2n) is 21.5. The van der Waals surface area contributed by atoms with Gasteiger partial charge >= 0.3 is 13.8 Å². The van der Waals surface area contributed by atoms with Crippen molar-refractivity contribution in [3.63, 3.8) is 0 Å². The van der Waals surface area contributed by atoms with Crippen LogP contribution in [0.15, 0.2) is 85.1 Å². The summed E-state index contributed by atoms with van der Waals surface area (Å²) in [7, 11) is 1.47. The molecule has 0 aromatic carbocycles. The van der Waals surface area contributed by atoms with Crippen molar-refractivity contribution < 1.29 is 37.3 Å². The van der Waals surface area contributed by atoms with Gasteiger partial charge in [-0.1, -0.05) is 247 Å². The minimum atomic E-state index is -4.45. The van der Waals surface area contributed by atoms with Crippen molar-refractivity contribution in [2.75, 3.05) is 40.9 Å². The van der Waals surface area contributed by atoms with Gasteiger partial charge in [0.15, 0.2) is 0 Å². The number of carbonyl (C=O) groups is 2. The molecular weight excluding hydrogens is 940 g/mol. The number of likely N-dealkylation sites (N-methyl/N-ethyl adjacent to an activating group) is 1. The van der Waals surface area contributed by atoms with Crippen LogP contribution >= 0.6 is 7.82 Å². The molecule has 0 heterocycles. The molecule has 0 saturated carbocycles. The van der Waals surface area contributed by atoms with E-state index in [0.29, 0.717) is 23.9 Å². The molecule has 3 atom stereocenters. The topological polar surface area (TPSA) is 111 Å². The van der Waals surface area contributed by atoms with Crippen LogP contribution in [0.1, 0.15) is 258 Å². The molecule has 0 aliphatic carbocycles. The fourth-order valence-corrected chi connectivity index (χ4v) is 9.15. The maximum atomic E-state index is 13.5. The van der Waals surface area contributed by atoms with Gasteiger partial charge in [-0.15, -0.1) is 0 Å². The molecule has 3 unspecified atom stereocenters. The Kier molecular flexibility index (Phi) is 51.5. The van der Waals surface area contributed by atoms with Gasteiger partial charge in [-0.05, 0) is 83.1 Å². The first-order chi connectivity index (χ1) is 35.9. The number of hydrogen-bond acceptors (Lipinski definition) is 6. The monoisotopic (exact) mass is 1060 g/mol. The number of unbranched alkanes of at least 4 members (excludes halogenated alkanes) is 26. The zero-order chi connectivity index (χ0) is 54.3. The molecule has 10 heteroatoms. The molecule has 0 aromatic heterocycles. The molecule has 74 heavy (non-hydrogen) atoms. The normalized spacial score (nSPS) is 14.3. The first kappa shape index (κ1) is 71.2. The van der Waals surface area contributed by atoms with Crippen LogP contribution in [-0.2, 0) is 27.9 Å². The molecule has 0 aliphatic rings. The van der Waals surface area contributed by atoms with E-state index in [0.717, 1.165) is 103 Å². The number of allylic oxidation sites excluding steroid dienone is 13. The Balaban J connectivity index is 5.26. The molecule has 2 N–H and O–H groups in total. The van der Waals surface area contributed by atoms with Gasteiger partial charge in [-0.2, -0.15) is 0 Å². The van der Waals surface area contributed by atoms with Crippen LogP contribution in [-0.4, -0.2) is 74.3 Å². The Bertz CT molecular complexity index is 1540. The highest BCUT2D eigenvalue weighted by atomic mass is 31.2. The fourth-order valence-electron chi connectivity index (χ4n) is 8.41. The van der Waals surface area contributed by atoms with E-state index in [9.17, 15) is 19.0 Å². The zero-order valence-corrected chi connectivity index (χ0v) is 49.7. The summed E-state index contributed by atoms with van der Waals surface area (Å²) in [6, 6.07) is -0.863. The average Bonchev–Trinajstić information content (AvgIpc) is 3.36. The van der Waals surface area contributed by atoms with Crippen LogP contribution in [0.4, 0.5) is 0 Å². The van der Waals surface area contributed by atoms with E-state index in [4.69, 9.17) is 13.8 Å². The molecule has 0 aliphatic heterocycles. The molecule has 9 nitrogen and oxygen atoms in total. The SMILES string of the molecule is CC/C=C\C/C=C\C/C=C\C/C=C\C/C=C\C/C=C\CCCCCCC(=O)NC(COP(=O)(O)OCC[N+](C)(C)C)C(/C=C\CCCCCCCCCCC)OC(=O)CCCCCCCCCCCCCCCC. The van der Waals surface area contributed by atoms with E-state index in [1.54, 1.807) is 0 Å². The highest BCUT2D eigenvalue weighted by molar-refractivity contribution is 7.47. The van der Waals surface area contributed by atoms with Gasteiger partial charge < -0.3 is 19.4 Å². The summed E-state index contributed by atoms with van der Waals surface area (Å²) in [4.78, 5) is 37.6. The largest absolute Gasteiger partial charge is 0.472 e. The smallest absolute Gasteiger partial charge is 0.456 e. The predicted molar refractivity (Wildman–Crippen MR) is 318 cm³/mol. The Hall–Kier alpha value is -2.81. The molecule has 428 valence electrons. The molecule has 0 spiro atoms. The number of nitrogens with zero attached hydrogens (tertiary/aromatic N) is 1. The van der Waals surface area contributed by atoms with E-state index in [-0.39, 0.29) is 31.5 Å². The van der Waals surface area contributed by atoms with Crippen molar-refractivity contribution in [1.82, 2.24) is 5.32 Å². The minimum Gasteiger partial charge on any atom is -0.456 e. The average molecular weight is 1060 g/mol. The van der Waals surface area contributed by atoms with Crippen molar-refractivity contribution in [2.45, 2.75) is 270 Å². The number of quaternary nitrogens is 1. The summed E-state index contributed by atoms with van der Waals surface area (Å²) in [5.74, 6) is -0.533. The van der Waals surface area contributed by atoms with Gasteiger partial charge in [0.2, 0.25) is 5.91 Å². The first-order valence-electron chi connectivity index (χ1n) is 30.4. The number of ether oxygens (including phenoxy) is 1. The van der Waals surface area contributed by atoms with Gasteiger partial charge in [0.05, 0.1) is 33.8 Å². The number of esters is 1. The number of carbonyl (C=O) groups excluding carboxylic acids is 2. The Morgan fingerprint density at radius 2 is 0.865 bits per heavy atom. The van der Waals surface area contributed by atoms with Gasteiger partial charge in [-0.3, -0.25) is 18.6 Å². The maximum Gasteiger partial charge on any atom is 0.472 e. The van der Waals surface area contributed by atoms with Gasteiger partial charge in [0, 0.05) is 12.8 Å². The first-order valence-corrected chi connectivity index (χ1v) is 31.9. The number of phosphoric ester groups is 1. The van der Waals surface area contributed by atoms with E-state index in [1.165, 1.54) is 116 Å².